The number of amides is 1. The average molecular weight is 448 g/mol. The summed E-state index contributed by atoms with van der Waals surface area (Å²) in [5.74, 6) is -0.527. The van der Waals surface area contributed by atoms with Gasteiger partial charge in [-0.05, 0) is 36.6 Å². The summed E-state index contributed by atoms with van der Waals surface area (Å²) in [6.07, 6.45) is -4.63. The highest BCUT2D eigenvalue weighted by atomic mass is 35.5. The SMILES string of the molecule is CC(Sc1nc2sccc2c(=O)n1C)C(=O)Nc1ccc(Cl)c(C(F)(F)F)c1. The number of thioether (sulfide) groups is 1. The Labute approximate surface area is 170 Å². The van der Waals surface area contributed by atoms with E-state index in [1.807, 2.05) is 0 Å². The van der Waals surface area contributed by atoms with Gasteiger partial charge in [0.05, 0.1) is 21.2 Å². The van der Waals surface area contributed by atoms with E-state index in [4.69, 9.17) is 11.6 Å². The zero-order valence-electron chi connectivity index (χ0n) is 14.5. The summed E-state index contributed by atoms with van der Waals surface area (Å²) in [6.45, 7) is 1.57. The van der Waals surface area contributed by atoms with E-state index in [1.54, 1.807) is 25.4 Å². The molecule has 11 heteroatoms. The van der Waals surface area contributed by atoms with Crippen molar-refractivity contribution in [3.63, 3.8) is 0 Å². The van der Waals surface area contributed by atoms with E-state index in [9.17, 15) is 22.8 Å². The van der Waals surface area contributed by atoms with Gasteiger partial charge in [-0.2, -0.15) is 13.2 Å². The van der Waals surface area contributed by atoms with Crippen LogP contribution in [-0.2, 0) is 18.0 Å². The molecule has 0 bridgehead atoms. The third-order valence-electron chi connectivity index (χ3n) is 3.85. The number of rotatable bonds is 4. The fourth-order valence-corrected chi connectivity index (χ4v) is 4.27. The van der Waals surface area contributed by atoms with Crippen molar-refractivity contribution >= 4 is 56.5 Å². The normalized spacial score (nSPS) is 12.9. The molecule has 1 N–H and O–H groups in total. The van der Waals surface area contributed by atoms with E-state index in [-0.39, 0.29) is 11.2 Å². The molecular formula is C17H13ClF3N3O2S2. The number of carbonyl (C=O) groups is 1. The van der Waals surface area contributed by atoms with Crippen LogP contribution in [0.2, 0.25) is 5.02 Å². The van der Waals surface area contributed by atoms with Crippen LogP contribution < -0.4 is 10.9 Å². The summed E-state index contributed by atoms with van der Waals surface area (Å²) in [6, 6.07) is 4.83. The van der Waals surface area contributed by atoms with Gasteiger partial charge in [0.1, 0.15) is 4.83 Å². The molecule has 0 aliphatic carbocycles. The second kappa shape index (κ2) is 7.76. The molecule has 0 saturated carbocycles. The van der Waals surface area contributed by atoms with Gasteiger partial charge < -0.3 is 5.32 Å². The second-order valence-corrected chi connectivity index (χ2v) is 8.45. The molecule has 2 aromatic heterocycles. The van der Waals surface area contributed by atoms with Gasteiger partial charge in [0.2, 0.25) is 5.91 Å². The van der Waals surface area contributed by atoms with Crippen LogP contribution in [0, 0.1) is 0 Å². The van der Waals surface area contributed by atoms with Gasteiger partial charge in [-0.3, -0.25) is 14.2 Å². The Balaban J connectivity index is 1.79. The van der Waals surface area contributed by atoms with Crippen molar-refractivity contribution in [2.45, 2.75) is 23.5 Å². The van der Waals surface area contributed by atoms with Crippen LogP contribution in [0.3, 0.4) is 0 Å². The van der Waals surface area contributed by atoms with Gasteiger partial charge in [-0.15, -0.1) is 11.3 Å². The van der Waals surface area contributed by atoms with Crippen molar-refractivity contribution in [3.8, 4) is 0 Å². The van der Waals surface area contributed by atoms with Crippen LogP contribution in [0.15, 0.2) is 39.6 Å². The van der Waals surface area contributed by atoms with Crippen molar-refractivity contribution in [2.75, 3.05) is 5.32 Å². The Bertz CT molecular complexity index is 1110. The van der Waals surface area contributed by atoms with E-state index in [0.717, 1.165) is 23.9 Å². The molecule has 2 heterocycles. The average Bonchev–Trinajstić information content (AvgIpc) is 3.08. The summed E-state index contributed by atoms with van der Waals surface area (Å²) < 4.78 is 40.2. The molecule has 1 aromatic carbocycles. The fourth-order valence-electron chi connectivity index (χ4n) is 2.36. The van der Waals surface area contributed by atoms with Crippen molar-refractivity contribution in [3.05, 3.63) is 50.6 Å². The zero-order chi connectivity index (χ0) is 20.6. The van der Waals surface area contributed by atoms with Crippen LogP contribution in [0.5, 0.6) is 0 Å². The number of nitrogens with one attached hydrogen (secondary N) is 1. The Morgan fingerprint density at radius 2 is 2.07 bits per heavy atom. The minimum Gasteiger partial charge on any atom is -0.325 e. The largest absolute Gasteiger partial charge is 0.417 e. The third kappa shape index (κ3) is 4.18. The van der Waals surface area contributed by atoms with Gasteiger partial charge >= 0.3 is 6.18 Å². The molecule has 0 radical (unpaired) electrons. The fraction of sp³-hybridized carbons (Fsp3) is 0.235. The van der Waals surface area contributed by atoms with Crippen LogP contribution in [0.4, 0.5) is 18.9 Å². The first-order valence-electron chi connectivity index (χ1n) is 7.86. The molecule has 5 nitrogen and oxygen atoms in total. The number of fused-ring (bicyclic) bond motifs is 1. The maximum absolute atomic E-state index is 13.0. The zero-order valence-corrected chi connectivity index (χ0v) is 16.9. The minimum atomic E-state index is -4.63. The number of nitrogens with zero attached hydrogens (tertiary/aromatic N) is 2. The van der Waals surface area contributed by atoms with E-state index in [2.05, 4.69) is 10.3 Å². The Morgan fingerprint density at radius 3 is 2.75 bits per heavy atom. The molecule has 148 valence electrons. The molecule has 0 fully saturated rings. The highest BCUT2D eigenvalue weighted by Crippen LogP contribution is 2.36. The molecular weight excluding hydrogens is 435 g/mol. The predicted molar refractivity (Wildman–Crippen MR) is 105 cm³/mol. The summed E-state index contributed by atoms with van der Waals surface area (Å²) in [5.41, 5.74) is -1.28. The number of halogens is 4. The quantitative estimate of drug-likeness (QED) is 0.461. The molecule has 3 aromatic rings. The minimum absolute atomic E-state index is 0.0234. The number of benzene rings is 1. The second-order valence-electron chi connectivity index (χ2n) is 5.84. The van der Waals surface area contributed by atoms with Crippen molar-refractivity contribution in [2.24, 2.45) is 7.05 Å². The Hall–Kier alpha value is -2.04. The maximum atomic E-state index is 13.0. The van der Waals surface area contributed by atoms with Crippen LogP contribution in [0.25, 0.3) is 10.2 Å². The highest BCUT2D eigenvalue weighted by molar-refractivity contribution is 8.00. The lowest BCUT2D eigenvalue weighted by Gasteiger charge is -2.15. The lowest BCUT2D eigenvalue weighted by atomic mass is 10.2. The van der Waals surface area contributed by atoms with Crippen LogP contribution >= 0.6 is 34.7 Å². The number of alkyl halides is 3. The number of aromatic nitrogens is 2. The first-order valence-corrected chi connectivity index (χ1v) is 10.00. The van der Waals surface area contributed by atoms with E-state index in [1.165, 1.54) is 22.0 Å². The molecule has 28 heavy (non-hydrogen) atoms. The van der Waals surface area contributed by atoms with Gasteiger partial charge in [-0.25, -0.2) is 4.98 Å². The molecule has 0 aliphatic rings. The topological polar surface area (TPSA) is 64.0 Å². The highest BCUT2D eigenvalue weighted by Gasteiger charge is 2.33. The molecule has 0 spiro atoms. The molecule has 0 aliphatic heterocycles. The lowest BCUT2D eigenvalue weighted by molar-refractivity contribution is -0.137. The summed E-state index contributed by atoms with van der Waals surface area (Å²) >= 11 is 7.93. The van der Waals surface area contributed by atoms with Crippen molar-refractivity contribution in [1.82, 2.24) is 9.55 Å². The number of hydrogen-bond donors (Lipinski definition) is 1. The summed E-state index contributed by atoms with van der Waals surface area (Å²) in [7, 11) is 1.55. The monoisotopic (exact) mass is 447 g/mol. The van der Waals surface area contributed by atoms with E-state index >= 15 is 0 Å². The van der Waals surface area contributed by atoms with Crippen molar-refractivity contribution < 1.29 is 18.0 Å². The Kier molecular flexibility index (Phi) is 5.74. The smallest absolute Gasteiger partial charge is 0.325 e. The van der Waals surface area contributed by atoms with E-state index < -0.39 is 27.9 Å². The molecule has 3 rings (SSSR count). The standard InChI is InChI=1S/C17H13ClF3N3O2S2/c1-8(28-16-23-14-10(5-6-27-14)15(26)24(16)2)13(25)22-9-3-4-12(18)11(7-9)17(19,20)21/h3-8H,1-2H3,(H,22,25). The van der Waals surface area contributed by atoms with Crippen LogP contribution in [0.1, 0.15) is 12.5 Å². The molecule has 0 saturated heterocycles. The van der Waals surface area contributed by atoms with Gasteiger partial charge in [0.15, 0.2) is 5.16 Å². The summed E-state index contributed by atoms with van der Waals surface area (Å²) in [5, 5.41) is 3.87. The Morgan fingerprint density at radius 1 is 1.36 bits per heavy atom. The van der Waals surface area contributed by atoms with Crippen molar-refractivity contribution in [1.29, 1.82) is 0 Å². The van der Waals surface area contributed by atoms with Gasteiger partial charge in [0, 0.05) is 12.7 Å². The predicted octanol–water partition coefficient (Wildman–Crippen LogP) is 4.79. The summed E-state index contributed by atoms with van der Waals surface area (Å²) in [4.78, 5) is 29.7. The number of hydrogen-bond acceptors (Lipinski definition) is 5. The van der Waals surface area contributed by atoms with Gasteiger partial charge in [0.25, 0.3) is 5.56 Å². The number of anilines is 1. The first kappa shape index (κ1) is 20.7. The third-order valence-corrected chi connectivity index (χ3v) is 6.13. The molecule has 1 atom stereocenters. The van der Waals surface area contributed by atoms with E-state index in [0.29, 0.717) is 15.4 Å². The molecule has 1 unspecified atom stereocenters. The maximum Gasteiger partial charge on any atom is 0.417 e. The number of carbonyl (C=O) groups excluding carboxylic acids is 1. The first-order chi connectivity index (χ1) is 13.1. The van der Waals surface area contributed by atoms with Crippen LogP contribution in [-0.4, -0.2) is 20.7 Å². The molecule has 1 amide bonds. The number of thiophene rings is 1. The lowest BCUT2D eigenvalue weighted by Crippen LogP contribution is -2.25. The van der Waals surface area contributed by atoms with Gasteiger partial charge in [-0.1, -0.05) is 23.4 Å².